The van der Waals surface area contributed by atoms with Gasteiger partial charge in [0, 0.05) is 6.54 Å². The third-order valence-electron chi connectivity index (χ3n) is 4.85. The minimum Gasteiger partial charge on any atom is -0.394 e. The Bertz CT molecular complexity index is 766. The lowest BCUT2D eigenvalue weighted by atomic mass is 9.98. The number of aliphatic hydroxyl groups is 1. The van der Waals surface area contributed by atoms with Crippen molar-refractivity contribution in [1.29, 1.82) is 0 Å². The summed E-state index contributed by atoms with van der Waals surface area (Å²) in [4.78, 5) is 69.7. The van der Waals surface area contributed by atoms with Crippen molar-refractivity contribution in [2.45, 2.75) is 44.8 Å². The SMILES string of the molecule is CCC(C)C(NC(=O)NC(CC(N)=O)C(N)=O)C(=O)NCCOCCOCC(=O)NC(CO)C(N)=O. The Balaban J connectivity index is 4.37. The standard InChI is InChI=1S/C20H37N7O9/c1-3-11(2)16(27-20(34)26-12(17(22)31)8-14(21)29)19(33)24-4-5-35-6-7-36-10-15(30)25-13(9-28)18(23)32/h11-13,16,28H,3-10H2,1-2H3,(H2,21,29)(H2,22,31)(H2,23,32)(H,24,33)(H,25,30)(H2,26,27,34). The molecule has 0 radical (unpaired) electrons. The molecule has 0 rings (SSSR count). The van der Waals surface area contributed by atoms with Crippen molar-refractivity contribution in [3.63, 3.8) is 0 Å². The Morgan fingerprint density at radius 2 is 1.47 bits per heavy atom. The number of nitrogens with two attached hydrogens (primary N) is 3. The Labute approximate surface area is 208 Å². The molecule has 0 aliphatic carbocycles. The number of primary amides is 3. The van der Waals surface area contributed by atoms with E-state index in [1.54, 1.807) is 6.92 Å². The van der Waals surface area contributed by atoms with Crippen LogP contribution in [-0.2, 0) is 33.4 Å². The second kappa shape index (κ2) is 17.9. The van der Waals surface area contributed by atoms with Crippen molar-refractivity contribution < 1.29 is 43.3 Å². The normalized spacial score (nSPS) is 14.0. The maximum Gasteiger partial charge on any atom is 0.316 e. The number of carbonyl (C=O) groups is 6. The van der Waals surface area contributed by atoms with Gasteiger partial charge in [-0.1, -0.05) is 20.3 Å². The molecule has 0 aliphatic heterocycles. The van der Waals surface area contributed by atoms with Crippen LogP contribution >= 0.6 is 0 Å². The fourth-order valence-corrected chi connectivity index (χ4v) is 2.65. The summed E-state index contributed by atoms with van der Waals surface area (Å²) in [6.07, 6.45) is 0.0734. The third-order valence-corrected chi connectivity index (χ3v) is 4.85. The van der Waals surface area contributed by atoms with E-state index in [1.807, 2.05) is 6.92 Å². The van der Waals surface area contributed by atoms with E-state index in [9.17, 15) is 28.8 Å². The average molecular weight is 520 g/mol. The molecule has 16 heteroatoms. The number of amides is 7. The van der Waals surface area contributed by atoms with Crippen LogP contribution in [0.1, 0.15) is 26.7 Å². The highest BCUT2D eigenvalue weighted by molar-refractivity contribution is 5.92. The van der Waals surface area contributed by atoms with Crippen molar-refractivity contribution in [1.82, 2.24) is 21.3 Å². The van der Waals surface area contributed by atoms with Gasteiger partial charge in [0.05, 0.1) is 32.8 Å². The number of nitrogens with one attached hydrogen (secondary N) is 4. The number of hydrogen-bond acceptors (Lipinski definition) is 9. The Hall–Kier alpha value is -3.50. The van der Waals surface area contributed by atoms with E-state index in [0.29, 0.717) is 6.42 Å². The predicted molar refractivity (Wildman–Crippen MR) is 125 cm³/mol. The quantitative estimate of drug-likeness (QED) is 0.0763. The Morgan fingerprint density at radius 1 is 0.861 bits per heavy atom. The molecular formula is C20H37N7O9. The van der Waals surface area contributed by atoms with Gasteiger partial charge in [0.15, 0.2) is 0 Å². The van der Waals surface area contributed by atoms with Gasteiger partial charge in [-0.15, -0.1) is 0 Å². The number of ether oxygens (including phenoxy) is 2. The van der Waals surface area contributed by atoms with Gasteiger partial charge in [-0.05, 0) is 5.92 Å². The van der Waals surface area contributed by atoms with Crippen LogP contribution in [0.25, 0.3) is 0 Å². The molecule has 0 spiro atoms. The summed E-state index contributed by atoms with van der Waals surface area (Å²) in [7, 11) is 0. The van der Waals surface area contributed by atoms with Crippen LogP contribution < -0.4 is 38.5 Å². The maximum atomic E-state index is 12.6. The molecule has 4 unspecified atom stereocenters. The number of hydrogen-bond donors (Lipinski definition) is 8. The van der Waals surface area contributed by atoms with E-state index in [1.165, 1.54) is 0 Å². The Kier molecular flexibility index (Phi) is 16.1. The highest BCUT2D eigenvalue weighted by Crippen LogP contribution is 2.08. The molecule has 0 aliphatic rings. The summed E-state index contributed by atoms with van der Waals surface area (Å²) in [5, 5.41) is 18.4. The molecule has 206 valence electrons. The van der Waals surface area contributed by atoms with E-state index >= 15 is 0 Å². The smallest absolute Gasteiger partial charge is 0.316 e. The highest BCUT2D eigenvalue weighted by Gasteiger charge is 2.28. The number of aliphatic hydroxyl groups excluding tert-OH is 1. The lowest BCUT2D eigenvalue weighted by molar-refractivity contribution is -0.131. The van der Waals surface area contributed by atoms with Gasteiger partial charge in [0.25, 0.3) is 0 Å². The van der Waals surface area contributed by atoms with Crippen LogP contribution in [0.4, 0.5) is 4.79 Å². The molecule has 4 atom stereocenters. The molecule has 0 aromatic rings. The minimum absolute atomic E-state index is 0.0469. The Morgan fingerprint density at radius 3 is 2.00 bits per heavy atom. The summed E-state index contributed by atoms with van der Waals surface area (Å²) in [6.45, 7) is 2.94. The molecule has 0 saturated heterocycles. The maximum absolute atomic E-state index is 12.6. The molecule has 0 aromatic heterocycles. The molecule has 36 heavy (non-hydrogen) atoms. The first-order chi connectivity index (χ1) is 16.9. The van der Waals surface area contributed by atoms with Crippen molar-refractivity contribution in [3.05, 3.63) is 0 Å². The van der Waals surface area contributed by atoms with Crippen molar-refractivity contribution in [3.8, 4) is 0 Å². The predicted octanol–water partition coefficient (Wildman–Crippen LogP) is -4.46. The second-order valence-electron chi connectivity index (χ2n) is 7.77. The fraction of sp³-hybridized carbons (Fsp3) is 0.700. The summed E-state index contributed by atoms with van der Waals surface area (Å²) in [5.41, 5.74) is 15.2. The van der Waals surface area contributed by atoms with E-state index in [4.69, 9.17) is 31.8 Å². The molecule has 0 aromatic carbocycles. The van der Waals surface area contributed by atoms with Gasteiger partial charge >= 0.3 is 6.03 Å². The molecule has 7 amide bonds. The van der Waals surface area contributed by atoms with Gasteiger partial charge in [-0.2, -0.15) is 0 Å². The molecule has 0 fully saturated rings. The first-order valence-corrected chi connectivity index (χ1v) is 11.2. The topological polar surface area (TPSA) is 267 Å². The van der Waals surface area contributed by atoms with Crippen molar-refractivity contribution in [2.75, 3.05) is 39.6 Å². The number of rotatable bonds is 19. The minimum atomic E-state index is -1.32. The number of carbonyl (C=O) groups excluding carboxylic acids is 6. The van der Waals surface area contributed by atoms with Crippen molar-refractivity contribution >= 4 is 35.6 Å². The van der Waals surface area contributed by atoms with Gasteiger partial charge in [0.2, 0.25) is 29.5 Å². The summed E-state index contributed by atoms with van der Waals surface area (Å²) in [6, 6.07) is -4.31. The summed E-state index contributed by atoms with van der Waals surface area (Å²) < 4.78 is 10.4. The third kappa shape index (κ3) is 14.0. The molecule has 11 N–H and O–H groups in total. The van der Waals surface area contributed by atoms with E-state index < -0.39 is 66.7 Å². The zero-order chi connectivity index (χ0) is 27.7. The van der Waals surface area contributed by atoms with E-state index in [-0.39, 0.29) is 38.9 Å². The zero-order valence-electron chi connectivity index (χ0n) is 20.4. The zero-order valence-corrected chi connectivity index (χ0v) is 20.4. The largest absolute Gasteiger partial charge is 0.394 e. The molecule has 0 heterocycles. The molecule has 16 nitrogen and oxygen atoms in total. The average Bonchev–Trinajstić information content (AvgIpc) is 2.80. The summed E-state index contributed by atoms with van der Waals surface area (Å²) >= 11 is 0. The van der Waals surface area contributed by atoms with Crippen molar-refractivity contribution in [2.24, 2.45) is 23.1 Å². The molecule has 0 saturated carbocycles. The van der Waals surface area contributed by atoms with Gasteiger partial charge in [-0.3, -0.25) is 24.0 Å². The second-order valence-corrected chi connectivity index (χ2v) is 7.77. The van der Waals surface area contributed by atoms with E-state index in [2.05, 4.69) is 21.3 Å². The van der Waals surface area contributed by atoms with Crippen LogP contribution in [0.15, 0.2) is 0 Å². The van der Waals surface area contributed by atoms with E-state index in [0.717, 1.165) is 0 Å². The van der Waals surface area contributed by atoms with Crippen LogP contribution in [0.3, 0.4) is 0 Å². The fourth-order valence-electron chi connectivity index (χ4n) is 2.65. The highest BCUT2D eigenvalue weighted by atomic mass is 16.5. The monoisotopic (exact) mass is 519 g/mol. The van der Waals surface area contributed by atoms with Gasteiger partial charge in [0.1, 0.15) is 24.7 Å². The van der Waals surface area contributed by atoms with Gasteiger partial charge < -0.3 is 53.0 Å². The van der Waals surface area contributed by atoms with Crippen LogP contribution in [0, 0.1) is 5.92 Å². The first-order valence-electron chi connectivity index (χ1n) is 11.2. The molecule has 0 bridgehead atoms. The van der Waals surface area contributed by atoms with Crippen LogP contribution in [0.5, 0.6) is 0 Å². The lowest BCUT2D eigenvalue weighted by Gasteiger charge is -2.24. The number of urea groups is 1. The van der Waals surface area contributed by atoms with Gasteiger partial charge in [-0.25, -0.2) is 4.79 Å². The van der Waals surface area contributed by atoms with Crippen LogP contribution in [-0.4, -0.2) is 98.4 Å². The van der Waals surface area contributed by atoms with Crippen LogP contribution in [0.2, 0.25) is 0 Å². The summed E-state index contributed by atoms with van der Waals surface area (Å²) in [5.74, 6) is -4.04. The first kappa shape index (κ1) is 32.5. The lowest BCUT2D eigenvalue weighted by Crippen LogP contribution is -2.56. The molecular weight excluding hydrogens is 482 g/mol.